The third-order valence-corrected chi connectivity index (χ3v) is 4.04. The molecule has 0 fully saturated rings. The van der Waals surface area contributed by atoms with E-state index in [-0.39, 0.29) is 12.8 Å². The summed E-state index contributed by atoms with van der Waals surface area (Å²) in [7, 11) is 0. The Bertz CT molecular complexity index is 858. The number of benzene rings is 2. The fraction of sp³-hybridized carbons (Fsp3) is 0.200. The summed E-state index contributed by atoms with van der Waals surface area (Å²) in [5, 5.41) is 2.22. The van der Waals surface area contributed by atoms with Crippen molar-refractivity contribution in [2.24, 2.45) is 11.5 Å². The quantitative estimate of drug-likeness (QED) is 0.325. The van der Waals surface area contributed by atoms with Gasteiger partial charge in [-0.1, -0.05) is 60.7 Å². The molecular formula is C20H22N4O5. The predicted octanol–water partition coefficient (Wildman–Crippen LogP) is -0.656. The number of hydrogen-bond acceptors (Lipinski definition) is 6. The van der Waals surface area contributed by atoms with Crippen LogP contribution in [-0.4, -0.2) is 35.8 Å². The van der Waals surface area contributed by atoms with Crippen molar-refractivity contribution in [3.63, 3.8) is 0 Å². The Balaban J connectivity index is 1.91. The molecule has 6 N–H and O–H groups in total. The topological polar surface area (TPSA) is 154 Å². The maximum absolute atomic E-state index is 12.0. The van der Waals surface area contributed by atoms with Crippen molar-refractivity contribution in [1.82, 2.24) is 10.8 Å². The predicted molar refractivity (Wildman–Crippen MR) is 104 cm³/mol. The van der Waals surface area contributed by atoms with Crippen LogP contribution in [0.15, 0.2) is 60.7 Å². The van der Waals surface area contributed by atoms with Crippen LogP contribution in [0, 0.1) is 0 Å². The molecule has 152 valence electrons. The van der Waals surface area contributed by atoms with Crippen molar-refractivity contribution in [3.05, 3.63) is 71.8 Å². The van der Waals surface area contributed by atoms with Crippen LogP contribution in [-0.2, 0) is 36.9 Å². The van der Waals surface area contributed by atoms with Crippen molar-refractivity contribution in [1.29, 1.82) is 0 Å². The van der Waals surface area contributed by atoms with E-state index in [0.717, 1.165) is 11.1 Å². The molecule has 2 atom stereocenters. The Morgan fingerprint density at radius 1 is 0.759 bits per heavy atom. The Morgan fingerprint density at radius 2 is 1.21 bits per heavy atom. The zero-order valence-corrected chi connectivity index (χ0v) is 15.5. The molecule has 0 spiro atoms. The van der Waals surface area contributed by atoms with E-state index >= 15 is 0 Å². The van der Waals surface area contributed by atoms with Crippen LogP contribution in [0.4, 0.5) is 0 Å². The molecule has 0 bridgehead atoms. The monoisotopic (exact) mass is 398 g/mol. The third-order valence-electron chi connectivity index (χ3n) is 4.04. The summed E-state index contributed by atoms with van der Waals surface area (Å²) in [6.45, 7) is 0. The van der Waals surface area contributed by atoms with E-state index < -0.39 is 35.8 Å². The summed E-state index contributed by atoms with van der Waals surface area (Å²) in [6.07, 6.45) is 0.267. The van der Waals surface area contributed by atoms with Crippen molar-refractivity contribution in [3.8, 4) is 0 Å². The van der Waals surface area contributed by atoms with Gasteiger partial charge in [-0.15, -0.1) is 5.48 Å². The Kier molecular flexibility index (Phi) is 7.87. The fourth-order valence-electron chi connectivity index (χ4n) is 2.51. The lowest BCUT2D eigenvalue weighted by atomic mass is 10.1. The number of hydroxylamine groups is 1. The highest BCUT2D eigenvalue weighted by Crippen LogP contribution is 2.04. The summed E-state index contributed by atoms with van der Waals surface area (Å²) < 4.78 is 0. The Labute approximate surface area is 167 Å². The van der Waals surface area contributed by atoms with Gasteiger partial charge in [0.2, 0.25) is 11.8 Å². The van der Waals surface area contributed by atoms with Crippen molar-refractivity contribution in [2.45, 2.75) is 24.9 Å². The van der Waals surface area contributed by atoms with Crippen LogP contribution in [0.25, 0.3) is 0 Å². The molecule has 2 aromatic carbocycles. The number of primary amides is 2. The number of nitrogens with one attached hydrogen (secondary N) is 2. The standard InChI is InChI=1S/C20H22N4O5/c21-17(25)15(11-13-7-3-1-4-8-13)23-19(27)20(28)29-24-16(18(22)26)12-14-9-5-2-6-10-14/h1-10,15-16,24H,11-12H2,(H2,21,25)(H2,22,26)(H,23,27). The van der Waals surface area contributed by atoms with Crippen LogP contribution in [0.2, 0.25) is 0 Å². The minimum atomic E-state index is -1.33. The zero-order chi connectivity index (χ0) is 21.2. The first kappa shape index (κ1) is 21.6. The van der Waals surface area contributed by atoms with E-state index in [4.69, 9.17) is 11.5 Å². The highest BCUT2D eigenvalue weighted by molar-refractivity contribution is 6.32. The lowest BCUT2D eigenvalue weighted by Crippen LogP contribution is -2.50. The van der Waals surface area contributed by atoms with Gasteiger partial charge in [0.05, 0.1) is 0 Å². The number of carbonyl (C=O) groups excluding carboxylic acids is 4. The number of hydrogen-bond donors (Lipinski definition) is 4. The molecule has 2 unspecified atom stereocenters. The maximum atomic E-state index is 12.0. The van der Waals surface area contributed by atoms with Gasteiger partial charge < -0.3 is 21.6 Å². The first-order chi connectivity index (χ1) is 13.9. The molecule has 0 aliphatic carbocycles. The lowest BCUT2D eigenvalue weighted by molar-refractivity contribution is -0.163. The smallest absolute Gasteiger partial charge is 0.368 e. The number of rotatable bonds is 9. The molecule has 0 aromatic heterocycles. The Hall–Kier alpha value is -3.72. The van der Waals surface area contributed by atoms with Crippen LogP contribution >= 0.6 is 0 Å². The minimum absolute atomic E-state index is 0.112. The summed E-state index contributed by atoms with van der Waals surface area (Å²) in [4.78, 5) is 51.8. The second kappa shape index (κ2) is 10.6. The van der Waals surface area contributed by atoms with Gasteiger partial charge in [0, 0.05) is 6.42 Å². The van der Waals surface area contributed by atoms with Crippen LogP contribution in [0.5, 0.6) is 0 Å². The summed E-state index contributed by atoms with van der Waals surface area (Å²) in [5.41, 5.74) is 14.3. The fourth-order valence-corrected chi connectivity index (χ4v) is 2.51. The van der Waals surface area contributed by atoms with Gasteiger partial charge in [-0.2, -0.15) is 0 Å². The van der Waals surface area contributed by atoms with Gasteiger partial charge in [0.1, 0.15) is 12.1 Å². The first-order valence-corrected chi connectivity index (χ1v) is 8.80. The average molecular weight is 398 g/mol. The zero-order valence-electron chi connectivity index (χ0n) is 15.5. The molecular weight excluding hydrogens is 376 g/mol. The van der Waals surface area contributed by atoms with Crippen molar-refractivity contribution < 1.29 is 24.0 Å². The second-order valence-electron chi connectivity index (χ2n) is 6.27. The minimum Gasteiger partial charge on any atom is -0.368 e. The van der Waals surface area contributed by atoms with E-state index in [1.807, 2.05) is 6.07 Å². The molecule has 2 rings (SSSR count). The number of carbonyl (C=O) groups is 4. The maximum Gasteiger partial charge on any atom is 0.415 e. The molecule has 0 aliphatic heterocycles. The molecule has 2 aromatic rings. The summed E-state index contributed by atoms with van der Waals surface area (Å²) >= 11 is 0. The molecule has 29 heavy (non-hydrogen) atoms. The molecule has 0 radical (unpaired) electrons. The molecule has 3 amide bonds. The third kappa shape index (κ3) is 7.07. The molecule has 9 nitrogen and oxygen atoms in total. The lowest BCUT2D eigenvalue weighted by Gasteiger charge is -2.17. The largest absolute Gasteiger partial charge is 0.415 e. The highest BCUT2D eigenvalue weighted by Gasteiger charge is 2.26. The van der Waals surface area contributed by atoms with Crippen LogP contribution in [0.1, 0.15) is 11.1 Å². The molecule has 9 heteroatoms. The molecule has 0 saturated carbocycles. The normalized spacial score (nSPS) is 12.4. The van der Waals surface area contributed by atoms with E-state index in [0.29, 0.717) is 0 Å². The van der Waals surface area contributed by atoms with Gasteiger partial charge in [-0.3, -0.25) is 14.4 Å². The van der Waals surface area contributed by atoms with E-state index in [1.54, 1.807) is 54.6 Å². The highest BCUT2D eigenvalue weighted by atomic mass is 16.7. The SMILES string of the molecule is NC(=O)C(Cc1ccccc1)NOC(=O)C(=O)NC(Cc1ccccc1)C(N)=O. The van der Waals surface area contributed by atoms with Crippen LogP contribution < -0.4 is 22.3 Å². The van der Waals surface area contributed by atoms with E-state index in [1.165, 1.54) is 0 Å². The summed E-state index contributed by atoms with van der Waals surface area (Å²) in [6, 6.07) is 15.6. The average Bonchev–Trinajstić information content (AvgIpc) is 2.71. The van der Waals surface area contributed by atoms with Gasteiger partial charge in [-0.25, -0.2) is 4.79 Å². The molecule has 0 saturated heterocycles. The van der Waals surface area contributed by atoms with Gasteiger partial charge in [0.25, 0.3) is 0 Å². The van der Waals surface area contributed by atoms with E-state index in [2.05, 4.69) is 15.6 Å². The van der Waals surface area contributed by atoms with Gasteiger partial charge in [0.15, 0.2) is 0 Å². The number of amides is 3. The Morgan fingerprint density at radius 3 is 1.66 bits per heavy atom. The van der Waals surface area contributed by atoms with Gasteiger partial charge >= 0.3 is 11.9 Å². The number of nitrogens with two attached hydrogens (primary N) is 2. The summed E-state index contributed by atoms with van der Waals surface area (Å²) in [5.74, 6) is -4.08. The molecule has 0 aliphatic rings. The first-order valence-electron chi connectivity index (χ1n) is 8.80. The van der Waals surface area contributed by atoms with Crippen molar-refractivity contribution >= 4 is 23.7 Å². The van der Waals surface area contributed by atoms with Crippen LogP contribution in [0.3, 0.4) is 0 Å². The molecule has 0 heterocycles. The van der Waals surface area contributed by atoms with Gasteiger partial charge in [-0.05, 0) is 17.5 Å². The van der Waals surface area contributed by atoms with E-state index in [9.17, 15) is 19.2 Å². The van der Waals surface area contributed by atoms with Crippen molar-refractivity contribution in [2.75, 3.05) is 0 Å². The second-order valence-corrected chi connectivity index (χ2v) is 6.27.